The highest BCUT2D eigenvalue weighted by atomic mass is 16.6. The van der Waals surface area contributed by atoms with E-state index in [0.29, 0.717) is 12.1 Å². The number of aromatic nitrogens is 2. The van der Waals surface area contributed by atoms with Gasteiger partial charge < -0.3 is 10.4 Å². The van der Waals surface area contributed by atoms with Crippen LogP contribution in [-0.4, -0.2) is 26.0 Å². The first-order chi connectivity index (χ1) is 12.1. The zero-order valence-corrected chi connectivity index (χ0v) is 13.2. The highest BCUT2D eigenvalue weighted by Crippen LogP contribution is 2.26. The number of anilines is 1. The molecule has 25 heavy (non-hydrogen) atoms. The number of hydrogen-bond donors (Lipinski definition) is 2. The highest BCUT2D eigenvalue weighted by Gasteiger charge is 2.25. The fraction of sp³-hybridized carbons (Fsp3) is 0.176. The van der Waals surface area contributed by atoms with Gasteiger partial charge in [0, 0.05) is 12.8 Å². The number of nitrogens with zero attached hydrogens (tertiary/aromatic N) is 3. The van der Waals surface area contributed by atoms with Gasteiger partial charge >= 0.3 is 11.2 Å². The molecule has 2 aromatic heterocycles. The van der Waals surface area contributed by atoms with Gasteiger partial charge in [0.05, 0.1) is 11.0 Å². The van der Waals surface area contributed by atoms with Crippen LogP contribution in [0, 0.1) is 10.1 Å². The summed E-state index contributed by atoms with van der Waals surface area (Å²) < 4.78 is 1.13. The molecule has 0 saturated carbocycles. The first-order valence-electron chi connectivity index (χ1n) is 7.70. The van der Waals surface area contributed by atoms with Gasteiger partial charge in [-0.2, -0.15) is 0 Å². The number of pyridine rings is 1. The number of nitro groups is 1. The van der Waals surface area contributed by atoms with Crippen LogP contribution >= 0.6 is 0 Å². The van der Waals surface area contributed by atoms with Crippen LogP contribution in [0.15, 0.2) is 59.5 Å². The second kappa shape index (κ2) is 7.10. The molecule has 0 amide bonds. The van der Waals surface area contributed by atoms with E-state index in [9.17, 15) is 20.0 Å². The van der Waals surface area contributed by atoms with Gasteiger partial charge in [0.1, 0.15) is 5.65 Å². The van der Waals surface area contributed by atoms with Crippen molar-refractivity contribution in [1.29, 1.82) is 0 Å². The Balaban J connectivity index is 2.11. The van der Waals surface area contributed by atoms with Crippen molar-refractivity contribution in [1.82, 2.24) is 9.38 Å². The summed E-state index contributed by atoms with van der Waals surface area (Å²) >= 11 is 0. The summed E-state index contributed by atoms with van der Waals surface area (Å²) in [5.41, 5.74) is -0.242. The largest absolute Gasteiger partial charge is 0.396 e. The molecule has 1 atom stereocenters. The SMILES string of the molecule is O=c1c([N+](=O)[O-])c(N[C@@H](CCO)c2ccccc2)nc2ccccn12. The summed E-state index contributed by atoms with van der Waals surface area (Å²) in [6.07, 6.45) is 1.75. The number of rotatable bonds is 6. The van der Waals surface area contributed by atoms with Crippen LogP contribution in [0.5, 0.6) is 0 Å². The van der Waals surface area contributed by atoms with Crippen molar-refractivity contribution in [2.45, 2.75) is 12.5 Å². The Hall–Kier alpha value is -3.26. The minimum Gasteiger partial charge on any atom is -0.396 e. The third kappa shape index (κ3) is 3.33. The minimum absolute atomic E-state index is 0.108. The van der Waals surface area contributed by atoms with E-state index < -0.39 is 22.2 Å². The Bertz CT molecular complexity index is 956. The third-order valence-electron chi connectivity index (χ3n) is 3.82. The molecule has 8 nitrogen and oxygen atoms in total. The van der Waals surface area contributed by atoms with Crippen LogP contribution in [0.1, 0.15) is 18.0 Å². The van der Waals surface area contributed by atoms with Crippen molar-refractivity contribution < 1.29 is 10.0 Å². The number of fused-ring (bicyclic) bond motifs is 1. The summed E-state index contributed by atoms with van der Waals surface area (Å²) in [7, 11) is 0. The van der Waals surface area contributed by atoms with E-state index in [4.69, 9.17) is 0 Å². The van der Waals surface area contributed by atoms with Crippen LogP contribution in [0.2, 0.25) is 0 Å². The lowest BCUT2D eigenvalue weighted by Crippen LogP contribution is -2.23. The average Bonchev–Trinajstić information content (AvgIpc) is 2.62. The molecule has 3 aromatic rings. The van der Waals surface area contributed by atoms with Crippen LogP contribution in [-0.2, 0) is 0 Å². The summed E-state index contributed by atoms with van der Waals surface area (Å²) in [5.74, 6) is -0.108. The van der Waals surface area contributed by atoms with Gasteiger partial charge in [0.25, 0.3) is 0 Å². The van der Waals surface area contributed by atoms with Gasteiger partial charge in [-0.05, 0) is 24.1 Å². The third-order valence-corrected chi connectivity index (χ3v) is 3.82. The lowest BCUT2D eigenvalue weighted by atomic mass is 10.0. The van der Waals surface area contributed by atoms with Crippen LogP contribution in [0.25, 0.3) is 5.65 Å². The summed E-state index contributed by atoms with van der Waals surface area (Å²) in [5, 5.41) is 23.7. The molecule has 3 rings (SSSR count). The molecule has 1 aromatic carbocycles. The lowest BCUT2D eigenvalue weighted by Gasteiger charge is -2.19. The second-order valence-electron chi connectivity index (χ2n) is 5.42. The summed E-state index contributed by atoms with van der Waals surface area (Å²) in [4.78, 5) is 27.4. The normalized spacial score (nSPS) is 12.0. The highest BCUT2D eigenvalue weighted by molar-refractivity contribution is 5.60. The topological polar surface area (TPSA) is 110 Å². The Morgan fingerprint density at radius 2 is 1.92 bits per heavy atom. The molecule has 2 N–H and O–H groups in total. The van der Waals surface area contributed by atoms with E-state index in [1.165, 1.54) is 6.20 Å². The molecule has 0 spiro atoms. The van der Waals surface area contributed by atoms with Crippen LogP contribution in [0.4, 0.5) is 11.5 Å². The predicted molar refractivity (Wildman–Crippen MR) is 92.6 cm³/mol. The lowest BCUT2D eigenvalue weighted by molar-refractivity contribution is -0.385. The quantitative estimate of drug-likeness (QED) is 0.525. The monoisotopic (exact) mass is 340 g/mol. The predicted octanol–water partition coefficient (Wildman–Crippen LogP) is 2.14. The van der Waals surface area contributed by atoms with Crippen molar-refractivity contribution in [3.8, 4) is 0 Å². The first-order valence-corrected chi connectivity index (χ1v) is 7.70. The smallest absolute Gasteiger partial charge is 0.376 e. The van der Waals surface area contributed by atoms with Crippen molar-refractivity contribution in [2.24, 2.45) is 0 Å². The maximum absolute atomic E-state index is 12.5. The van der Waals surface area contributed by atoms with Gasteiger partial charge in [-0.3, -0.25) is 19.3 Å². The van der Waals surface area contributed by atoms with E-state index in [-0.39, 0.29) is 12.4 Å². The van der Waals surface area contributed by atoms with Crippen molar-refractivity contribution in [2.75, 3.05) is 11.9 Å². The van der Waals surface area contributed by atoms with Gasteiger partial charge in [-0.25, -0.2) is 4.98 Å². The number of aliphatic hydroxyl groups excluding tert-OH is 1. The van der Waals surface area contributed by atoms with Gasteiger partial charge in [0.15, 0.2) is 0 Å². The van der Waals surface area contributed by atoms with E-state index in [1.807, 2.05) is 30.3 Å². The maximum Gasteiger partial charge on any atom is 0.376 e. The molecule has 8 heteroatoms. The molecule has 2 heterocycles. The average molecular weight is 340 g/mol. The molecule has 0 saturated heterocycles. The van der Waals surface area contributed by atoms with Gasteiger partial charge in [-0.1, -0.05) is 36.4 Å². The number of benzene rings is 1. The molecule has 0 fully saturated rings. The van der Waals surface area contributed by atoms with Gasteiger partial charge in [-0.15, -0.1) is 0 Å². The zero-order chi connectivity index (χ0) is 17.8. The van der Waals surface area contributed by atoms with Crippen molar-refractivity contribution >= 4 is 17.2 Å². The summed E-state index contributed by atoms with van der Waals surface area (Å²) in [6, 6.07) is 13.7. The minimum atomic E-state index is -0.756. The summed E-state index contributed by atoms with van der Waals surface area (Å²) in [6.45, 7) is -0.118. The van der Waals surface area contributed by atoms with Crippen molar-refractivity contribution in [3.63, 3.8) is 0 Å². The fourth-order valence-corrected chi connectivity index (χ4v) is 2.65. The fourth-order valence-electron chi connectivity index (χ4n) is 2.65. The Labute approximate surface area is 142 Å². The van der Waals surface area contributed by atoms with E-state index in [0.717, 1.165) is 9.96 Å². The first kappa shape index (κ1) is 16.6. The van der Waals surface area contributed by atoms with Crippen molar-refractivity contribution in [3.05, 3.63) is 80.8 Å². The maximum atomic E-state index is 12.5. The molecule has 0 bridgehead atoms. The molecule has 0 aliphatic carbocycles. The van der Waals surface area contributed by atoms with E-state index in [2.05, 4.69) is 10.3 Å². The molecular formula is C17H16N4O4. The Kier molecular flexibility index (Phi) is 4.71. The number of hydrogen-bond acceptors (Lipinski definition) is 6. The Morgan fingerprint density at radius 3 is 2.60 bits per heavy atom. The molecule has 0 radical (unpaired) electrons. The van der Waals surface area contributed by atoms with E-state index >= 15 is 0 Å². The Morgan fingerprint density at radius 1 is 1.20 bits per heavy atom. The molecule has 128 valence electrons. The van der Waals surface area contributed by atoms with Gasteiger partial charge in [0.2, 0.25) is 5.82 Å². The van der Waals surface area contributed by atoms with Crippen LogP contribution < -0.4 is 10.9 Å². The number of nitrogens with one attached hydrogen (secondary N) is 1. The molecule has 0 aliphatic heterocycles. The molecular weight excluding hydrogens is 324 g/mol. The molecule has 0 aliphatic rings. The number of aliphatic hydroxyl groups is 1. The second-order valence-corrected chi connectivity index (χ2v) is 5.42. The van der Waals surface area contributed by atoms with E-state index in [1.54, 1.807) is 18.2 Å². The molecule has 0 unspecified atom stereocenters. The van der Waals surface area contributed by atoms with Crippen LogP contribution in [0.3, 0.4) is 0 Å². The standard InChI is InChI=1S/C17H16N4O4/c22-11-9-13(12-6-2-1-3-7-12)18-16-15(21(24)25)17(23)20-10-5-4-8-14(20)19-16/h1-8,10,13,18,22H,9,11H2/t13-/m0/s1. The zero-order valence-electron chi connectivity index (χ0n) is 13.2.